The molecule has 0 spiro atoms. The fourth-order valence-electron chi connectivity index (χ4n) is 5.29. The van der Waals surface area contributed by atoms with Crippen molar-refractivity contribution in [2.45, 2.75) is 84.3 Å². The first-order valence-electron chi connectivity index (χ1n) is 9.50. The second-order valence-corrected chi connectivity index (χ2v) is 8.27. The fourth-order valence-corrected chi connectivity index (χ4v) is 5.29. The molecule has 5 unspecified atom stereocenters. The Labute approximate surface area is 140 Å². The molecule has 1 heterocycles. The average Bonchev–Trinajstić information content (AvgIpc) is 2.93. The molecule has 2 fully saturated rings. The van der Waals surface area contributed by atoms with E-state index in [1.807, 2.05) is 6.92 Å². The number of carbonyl (C=O) groups excluding carboxylic acids is 1. The maximum atomic E-state index is 12.6. The van der Waals surface area contributed by atoms with Gasteiger partial charge in [-0.05, 0) is 51.9 Å². The lowest BCUT2D eigenvalue weighted by Gasteiger charge is -2.33. The van der Waals surface area contributed by atoms with E-state index in [1.54, 1.807) is 0 Å². The third kappa shape index (κ3) is 2.86. The molecule has 5 atom stereocenters. The molecule has 0 aromatic rings. The van der Waals surface area contributed by atoms with Crippen molar-refractivity contribution >= 4 is 5.97 Å². The molecule has 3 nitrogen and oxygen atoms in total. The predicted molar refractivity (Wildman–Crippen MR) is 90.8 cm³/mol. The van der Waals surface area contributed by atoms with Gasteiger partial charge < -0.3 is 9.84 Å². The van der Waals surface area contributed by atoms with E-state index < -0.39 is 5.60 Å². The number of ether oxygens (including phenoxy) is 1. The summed E-state index contributed by atoms with van der Waals surface area (Å²) in [4.78, 5) is 12.6. The molecule has 1 N–H and O–H groups in total. The zero-order valence-electron chi connectivity index (χ0n) is 15.1. The molecule has 0 amide bonds. The van der Waals surface area contributed by atoms with E-state index >= 15 is 0 Å². The Morgan fingerprint density at radius 3 is 2.65 bits per heavy atom. The zero-order chi connectivity index (χ0) is 16.8. The van der Waals surface area contributed by atoms with E-state index in [0.717, 1.165) is 44.9 Å². The Morgan fingerprint density at radius 1 is 1.30 bits per heavy atom. The van der Waals surface area contributed by atoms with Crippen LogP contribution in [0.1, 0.15) is 72.6 Å². The van der Waals surface area contributed by atoms with E-state index in [-0.39, 0.29) is 29.8 Å². The standard InChI is InChI=1S/C20H32O3/c1-5-13(6-2)11-16-15-8-7-12(3)14-9-10-20(4,22)17(14)18(15)23-19(16)21/h13,15-18,22H,5-11H2,1-4H3. The summed E-state index contributed by atoms with van der Waals surface area (Å²) >= 11 is 0. The van der Waals surface area contributed by atoms with Crippen LogP contribution in [-0.4, -0.2) is 22.8 Å². The highest BCUT2D eigenvalue weighted by molar-refractivity contribution is 5.75. The van der Waals surface area contributed by atoms with Crippen molar-refractivity contribution in [3.05, 3.63) is 11.1 Å². The van der Waals surface area contributed by atoms with Crippen LogP contribution < -0.4 is 0 Å². The highest BCUT2D eigenvalue weighted by atomic mass is 16.6. The molecule has 0 radical (unpaired) electrons. The Hall–Kier alpha value is -0.830. The summed E-state index contributed by atoms with van der Waals surface area (Å²) < 4.78 is 5.91. The number of aliphatic hydroxyl groups is 1. The lowest BCUT2D eigenvalue weighted by molar-refractivity contribution is -0.148. The first-order chi connectivity index (χ1) is 10.9. The summed E-state index contributed by atoms with van der Waals surface area (Å²) in [5.41, 5.74) is 2.08. The Balaban J connectivity index is 1.89. The minimum atomic E-state index is -0.728. The first-order valence-corrected chi connectivity index (χ1v) is 9.50. The van der Waals surface area contributed by atoms with Crippen molar-refractivity contribution in [2.75, 3.05) is 0 Å². The Bertz CT molecular complexity index is 501. The van der Waals surface area contributed by atoms with Gasteiger partial charge in [-0.1, -0.05) is 37.8 Å². The van der Waals surface area contributed by atoms with Gasteiger partial charge in [0.1, 0.15) is 6.10 Å². The Kier molecular flexibility index (Phi) is 4.61. The highest BCUT2D eigenvalue weighted by Gasteiger charge is 2.56. The molecule has 3 heteroatoms. The van der Waals surface area contributed by atoms with Crippen molar-refractivity contribution in [1.82, 2.24) is 0 Å². The molecule has 1 aliphatic heterocycles. The van der Waals surface area contributed by atoms with Crippen LogP contribution in [-0.2, 0) is 9.53 Å². The lowest BCUT2D eigenvalue weighted by Crippen LogP contribution is -2.41. The van der Waals surface area contributed by atoms with Gasteiger partial charge in [-0.2, -0.15) is 0 Å². The van der Waals surface area contributed by atoms with Crippen molar-refractivity contribution in [2.24, 2.45) is 23.7 Å². The second-order valence-electron chi connectivity index (χ2n) is 8.27. The molecule has 2 aliphatic carbocycles. The van der Waals surface area contributed by atoms with Crippen LogP contribution in [0, 0.1) is 23.7 Å². The molecule has 130 valence electrons. The maximum Gasteiger partial charge on any atom is 0.309 e. The molecular weight excluding hydrogens is 288 g/mol. The summed E-state index contributed by atoms with van der Waals surface area (Å²) in [7, 11) is 0. The van der Waals surface area contributed by atoms with Gasteiger partial charge in [0.05, 0.1) is 11.5 Å². The van der Waals surface area contributed by atoms with Crippen LogP contribution in [0.15, 0.2) is 11.1 Å². The third-order valence-electron chi connectivity index (χ3n) is 6.91. The maximum absolute atomic E-state index is 12.6. The van der Waals surface area contributed by atoms with Crippen LogP contribution >= 0.6 is 0 Å². The zero-order valence-corrected chi connectivity index (χ0v) is 15.1. The molecule has 1 saturated heterocycles. The van der Waals surface area contributed by atoms with Gasteiger partial charge in [0.25, 0.3) is 0 Å². The van der Waals surface area contributed by atoms with Gasteiger partial charge >= 0.3 is 5.97 Å². The molecule has 0 bridgehead atoms. The van der Waals surface area contributed by atoms with Gasteiger partial charge in [-0.25, -0.2) is 0 Å². The van der Waals surface area contributed by atoms with Gasteiger partial charge in [-0.15, -0.1) is 0 Å². The monoisotopic (exact) mass is 320 g/mol. The average molecular weight is 320 g/mol. The predicted octanol–water partition coefficient (Wildman–Crippen LogP) is 4.24. The van der Waals surface area contributed by atoms with Crippen LogP contribution in [0.3, 0.4) is 0 Å². The fraction of sp³-hybridized carbons (Fsp3) is 0.850. The summed E-state index contributed by atoms with van der Waals surface area (Å²) in [6.07, 6.45) is 6.94. The number of hydrogen-bond acceptors (Lipinski definition) is 3. The number of esters is 1. The summed E-state index contributed by atoms with van der Waals surface area (Å²) in [5.74, 6) is 0.935. The van der Waals surface area contributed by atoms with Gasteiger partial charge in [0.15, 0.2) is 0 Å². The van der Waals surface area contributed by atoms with Crippen molar-refractivity contribution < 1.29 is 14.6 Å². The highest BCUT2D eigenvalue weighted by Crippen LogP contribution is 2.53. The number of carbonyl (C=O) groups is 1. The third-order valence-corrected chi connectivity index (χ3v) is 6.91. The molecule has 1 saturated carbocycles. The van der Waals surface area contributed by atoms with E-state index in [0.29, 0.717) is 5.92 Å². The van der Waals surface area contributed by atoms with Crippen LogP contribution in [0.25, 0.3) is 0 Å². The molecular formula is C20H32O3. The molecule has 3 aliphatic rings. The number of rotatable bonds is 4. The number of allylic oxidation sites excluding steroid dienone is 1. The molecule has 0 aromatic carbocycles. The summed E-state index contributed by atoms with van der Waals surface area (Å²) in [6.45, 7) is 8.57. The summed E-state index contributed by atoms with van der Waals surface area (Å²) in [6, 6.07) is 0. The molecule has 0 aromatic heterocycles. The van der Waals surface area contributed by atoms with Crippen LogP contribution in [0.2, 0.25) is 0 Å². The smallest absolute Gasteiger partial charge is 0.309 e. The normalized spacial score (nSPS) is 40.2. The topological polar surface area (TPSA) is 46.5 Å². The number of hydrogen-bond donors (Lipinski definition) is 1. The minimum absolute atomic E-state index is 0.00602. The van der Waals surface area contributed by atoms with E-state index in [1.165, 1.54) is 11.1 Å². The van der Waals surface area contributed by atoms with Crippen LogP contribution in [0.5, 0.6) is 0 Å². The van der Waals surface area contributed by atoms with E-state index in [9.17, 15) is 9.90 Å². The number of fused-ring (bicyclic) bond motifs is 3. The second kappa shape index (κ2) is 6.23. The Morgan fingerprint density at radius 2 is 2.00 bits per heavy atom. The quantitative estimate of drug-likeness (QED) is 0.622. The van der Waals surface area contributed by atoms with E-state index in [2.05, 4.69) is 20.8 Å². The van der Waals surface area contributed by atoms with Gasteiger partial charge in [0.2, 0.25) is 0 Å². The molecule has 23 heavy (non-hydrogen) atoms. The SMILES string of the molecule is CCC(CC)CC1C(=O)OC2C1CCC(C)=C1CCC(C)(O)C12. The lowest BCUT2D eigenvalue weighted by atomic mass is 9.74. The summed E-state index contributed by atoms with van der Waals surface area (Å²) in [5, 5.41) is 10.9. The van der Waals surface area contributed by atoms with E-state index in [4.69, 9.17) is 4.74 Å². The largest absolute Gasteiger partial charge is 0.461 e. The van der Waals surface area contributed by atoms with Crippen molar-refractivity contribution in [3.63, 3.8) is 0 Å². The van der Waals surface area contributed by atoms with Crippen LogP contribution in [0.4, 0.5) is 0 Å². The molecule has 3 rings (SSSR count). The minimum Gasteiger partial charge on any atom is -0.461 e. The van der Waals surface area contributed by atoms with Crippen molar-refractivity contribution in [3.8, 4) is 0 Å². The first kappa shape index (κ1) is 17.0. The van der Waals surface area contributed by atoms with Gasteiger partial charge in [0, 0.05) is 11.8 Å². The van der Waals surface area contributed by atoms with Gasteiger partial charge in [-0.3, -0.25) is 4.79 Å². The van der Waals surface area contributed by atoms with Crippen molar-refractivity contribution in [1.29, 1.82) is 0 Å².